The summed E-state index contributed by atoms with van der Waals surface area (Å²) in [6.07, 6.45) is -0.169. The highest BCUT2D eigenvalue weighted by Gasteiger charge is 2.58. The number of rotatable bonds is 13. The van der Waals surface area contributed by atoms with Gasteiger partial charge in [0.25, 0.3) is 0 Å². The third-order valence-electron chi connectivity index (χ3n) is 9.51. The maximum Gasteiger partial charge on any atom is 0.160 e. The van der Waals surface area contributed by atoms with Gasteiger partial charge in [-0.2, -0.15) is 0 Å². The largest absolute Gasteiger partial charge is 0.508 e. The lowest BCUT2D eigenvalue weighted by Crippen LogP contribution is -2.27. The zero-order chi connectivity index (χ0) is 33.8. The number of ether oxygens (including phenoxy) is 3. The fourth-order valence-electron chi connectivity index (χ4n) is 7.08. The van der Waals surface area contributed by atoms with Crippen molar-refractivity contribution in [2.24, 2.45) is 11.8 Å². The number of benzene rings is 4. The van der Waals surface area contributed by atoms with E-state index in [9.17, 15) is 30.0 Å². The average Bonchev–Trinajstić information content (AvgIpc) is 3.63. The van der Waals surface area contributed by atoms with Gasteiger partial charge in [-0.3, -0.25) is 9.59 Å². The van der Waals surface area contributed by atoms with E-state index in [0.29, 0.717) is 25.7 Å². The van der Waals surface area contributed by atoms with Crippen LogP contribution < -0.4 is 4.74 Å². The summed E-state index contributed by atoms with van der Waals surface area (Å²) < 4.78 is 18.9. The predicted octanol–water partition coefficient (Wildman–Crippen LogP) is 6.51. The predicted molar refractivity (Wildman–Crippen MR) is 177 cm³/mol. The summed E-state index contributed by atoms with van der Waals surface area (Å²) in [4.78, 5) is 27.0. The smallest absolute Gasteiger partial charge is 0.160 e. The van der Waals surface area contributed by atoms with E-state index in [-0.39, 0.29) is 65.0 Å². The van der Waals surface area contributed by atoms with Gasteiger partial charge < -0.3 is 34.6 Å². The number of Topliss-reactive ketones (excluding diaryl/α,β-unsaturated/α-hetero) is 2. The SMILES string of the molecule is COc1cc([C@@H]2O[C@@H](CC(=O)CCc3ccc(O)cc3)[C@@H]3[C@H]2[C@H](CC(=O)CCc2ccc(O)cc2)O[C@H]3c2ccc(O)cc2)ccc1O. The zero-order valence-electron chi connectivity index (χ0n) is 26.7. The summed E-state index contributed by atoms with van der Waals surface area (Å²) in [5.41, 5.74) is 3.45. The zero-order valence-corrected chi connectivity index (χ0v) is 26.7. The minimum Gasteiger partial charge on any atom is -0.508 e. The number of carbonyl (C=O) groups excluding carboxylic acids is 2. The minimum absolute atomic E-state index is 0.0117. The van der Waals surface area contributed by atoms with Gasteiger partial charge in [-0.05, 0) is 83.6 Å². The molecule has 9 heteroatoms. The molecule has 0 aromatic heterocycles. The molecule has 4 N–H and O–H groups in total. The van der Waals surface area contributed by atoms with Crippen molar-refractivity contribution in [2.45, 2.75) is 62.9 Å². The molecule has 4 aromatic carbocycles. The molecule has 2 heterocycles. The third kappa shape index (κ3) is 7.48. The lowest BCUT2D eigenvalue weighted by atomic mass is 9.77. The van der Waals surface area contributed by atoms with Gasteiger partial charge >= 0.3 is 0 Å². The van der Waals surface area contributed by atoms with Crippen molar-refractivity contribution in [3.8, 4) is 28.7 Å². The average molecular weight is 653 g/mol. The number of aromatic hydroxyl groups is 4. The highest BCUT2D eigenvalue weighted by Crippen LogP contribution is 2.58. The lowest BCUT2D eigenvalue weighted by Gasteiger charge is -2.25. The number of aryl methyl sites for hydroxylation is 2. The maximum atomic E-state index is 13.5. The van der Waals surface area contributed by atoms with E-state index < -0.39 is 24.4 Å². The van der Waals surface area contributed by atoms with Gasteiger partial charge in [0.2, 0.25) is 0 Å². The first kappa shape index (κ1) is 33.1. The number of hydrogen-bond acceptors (Lipinski definition) is 9. The van der Waals surface area contributed by atoms with Crippen LogP contribution in [-0.2, 0) is 31.9 Å². The van der Waals surface area contributed by atoms with Gasteiger partial charge in [0.1, 0.15) is 28.8 Å². The third-order valence-corrected chi connectivity index (χ3v) is 9.51. The van der Waals surface area contributed by atoms with Crippen molar-refractivity contribution in [1.82, 2.24) is 0 Å². The van der Waals surface area contributed by atoms with E-state index in [1.54, 1.807) is 91.0 Å². The second kappa shape index (κ2) is 14.5. The Labute approximate surface area is 279 Å². The highest BCUT2D eigenvalue weighted by molar-refractivity contribution is 5.80. The van der Waals surface area contributed by atoms with Crippen LogP contribution in [0.15, 0.2) is 91.0 Å². The first-order valence-corrected chi connectivity index (χ1v) is 16.2. The molecule has 2 aliphatic heterocycles. The van der Waals surface area contributed by atoms with Crippen LogP contribution in [0.2, 0.25) is 0 Å². The van der Waals surface area contributed by atoms with Gasteiger partial charge in [0, 0.05) is 37.5 Å². The second-order valence-corrected chi connectivity index (χ2v) is 12.7. The van der Waals surface area contributed by atoms with Gasteiger partial charge in [-0.25, -0.2) is 0 Å². The first-order chi connectivity index (χ1) is 23.2. The van der Waals surface area contributed by atoms with Crippen molar-refractivity contribution in [1.29, 1.82) is 0 Å². The number of ketones is 2. The number of phenols is 4. The molecule has 4 aromatic rings. The standard InChI is InChI=1S/C39H40O9/c1-46-33-20-26(10-19-32(33)45)39-37-35(22-31(44)16-7-24-4-13-28(41)14-5-24)47-38(25-8-17-29(42)18-9-25)36(37)34(48-39)21-30(43)15-6-23-2-11-27(40)12-3-23/h2-5,8-14,17-20,34-42,45H,6-7,15-16,21-22H2,1H3/t34-,35-,36+,37+,38-,39-/m0/s1. The normalized spacial score (nSPS) is 23.1. The molecule has 0 bridgehead atoms. The van der Waals surface area contributed by atoms with Crippen molar-refractivity contribution in [3.63, 3.8) is 0 Å². The van der Waals surface area contributed by atoms with Crippen LogP contribution in [0, 0.1) is 11.8 Å². The number of carbonyl (C=O) groups is 2. The molecular formula is C39H40O9. The summed E-state index contributed by atoms with van der Waals surface area (Å²) >= 11 is 0. The van der Waals surface area contributed by atoms with Crippen molar-refractivity contribution >= 4 is 11.6 Å². The highest BCUT2D eigenvalue weighted by atomic mass is 16.5. The Kier molecular flexibility index (Phi) is 9.98. The Morgan fingerprint density at radius 3 is 1.48 bits per heavy atom. The molecule has 2 fully saturated rings. The van der Waals surface area contributed by atoms with Crippen LogP contribution in [-0.4, -0.2) is 51.3 Å². The Balaban J connectivity index is 1.28. The topological polar surface area (TPSA) is 143 Å². The van der Waals surface area contributed by atoms with Gasteiger partial charge in [0.15, 0.2) is 11.5 Å². The molecule has 0 aliphatic carbocycles. The lowest BCUT2D eigenvalue weighted by molar-refractivity contribution is -0.125. The van der Waals surface area contributed by atoms with E-state index in [0.717, 1.165) is 22.3 Å². The molecule has 9 nitrogen and oxygen atoms in total. The molecule has 0 unspecified atom stereocenters. The maximum absolute atomic E-state index is 13.5. The fraction of sp³-hybridized carbons (Fsp3) is 0.333. The molecule has 0 spiro atoms. The van der Waals surface area contributed by atoms with E-state index in [4.69, 9.17) is 14.2 Å². The van der Waals surface area contributed by atoms with Crippen LogP contribution in [0.3, 0.4) is 0 Å². The fourth-order valence-corrected chi connectivity index (χ4v) is 7.08. The molecule has 0 amide bonds. The van der Waals surface area contributed by atoms with Gasteiger partial charge in [0.05, 0.1) is 31.5 Å². The van der Waals surface area contributed by atoms with Crippen molar-refractivity contribution < 1.29 is 44.2 Å². The van der Waals surface area contributed by atoms with Gasteiger partial charge in [-0.1, -0.05) is 42.5 Å². The number of hydrogen-bond donors (Lipinski definition) is 4. The van der Waals surface area contributed by atoms with Gasteiger partial charge in [-0.15, -0.1) is 0 Å². The Morgan fingerprint density at radius 1 is 0.604 bits per heavy atom. The summed E-state index contributed by atoms with van der Waals surface area (Å²) in [5, 5.41) is 39.6. The van der Waals surface area contributed by atoms with Crippen molar-refractivity contribution in [2.75, 3.05) is 7.11 Å². The Bertz CT molecular complexity index is 1650. The van der Waals surface area contributed by atoms with Crippen LogP contribution >= 0.6 is 0 Å². The van der Waals surface area contributed by atoms with E-state index in [1.807, 2.05) is 0 Å². The van der Waals surface area contributed by atoms with Crippen molar-refractivity contribution in [3.05, 3.63) is 113 Å². The van der Waals surface area contributed by atoms with E-state index >= 15 is 0 Å². The quantitative estimate of drug-likeness (QED) is 0.127. The summed E-state index contributed by atoms with van der Waals surface area (Å²) in [6, 6.07) is 25.4. The first-order valence-electron chi connectivity index (χ1n) is 16.2. The monoisotopic (exact) mass is 652 g/mol. The van der Waals surface area contributed by atoms with Crippen LogP contribution in [0.25, 0.3) is 0 Å². The Hall–Kier alpha value is -4.86. The van der Waals surface area contributed by atoms with Crippen LogP contribution in [0.1, 0.15) is 60.1 Å². The molecule has 48 heavy (non-hydrogen) atoms. The Morgan fingerprint density at radius 2 is 1.02 bits per heavy atom. The molecule has 6 atom stereocenters. The van der Waals surface area contributed by atoms with E-state index in [1.165, 1.54) is 7.11 Å². The summed E-state index contributed by atoms with van der Waals surface area (Å²) in [7, 11) is 1.47. The second-order valence-electron chi connectivity index (χ2n) is 12.7. The van der Waals surface area contributed by atoms with Crippen LogP contribution in [0.5, 0.6) is 28.7 Å². The van der Waals surface area contributed by atoms with E-state index in [2.05, 4.69) is 0 Å². The molecule has 0 saturated carbocycles. The number of phenolic OH excluding ortho intramolecular Hbond substituents is 4. The summed E-state index contributed by atoms with van der Waals surface area (Å²) in [6.45, 7) is 0. The minimum atomic E-state index is -0.545. The van der Waals surface area contributed by atoms with Crippen LogP contribution in [0.4, 0.5) is 0 Å². The summed E-state index contributed by atoms with van der Waals surface area (Å²) in [5.74, 6) is 0.190. The molecule has 2 aliphatic rings. The molecule has 2 saturated heterocycles. The molecule has 0 radical (unpaired) electrons. The molecule has 250 valence electrons. The molecule has 6 rings (SSSR count). The molecular weight excluding hydrogens is 612 g/mol. The number of fused-ring (bicyclic) bond motifs is 1. The number of methoxy groups -OCH3 is 1.